The Hall–Kier alpha value is -1.02. The standard InChI is InChI=1S/C9H14O2/c1-4-6-9(5-2)11-8(3)7-10/h4-6,8,10H,1-2,7H2,3H3/b9-6+. The van der Waals surface area contributed by atoms with E-state index in [-0.39, 0.29) is 12.7 Å². The molecule has 0 saturated carbocycles. The monoisotopic (exact) mass is 154 g/mol. The Kier molecular flexibility index (Phi) is 5.21. The Morgan fingerprint density at radius 2 is 2.27 bits per heavy atom. The number of hydrogen-bond acceptors (Lipinski definition) is 2. The molecule has 0 heterocycles. The van der Waals surface area contributed by atoms with E-state index in [1.165, 1.54) is 0 Å². The topological polar surface area (TPSA) is 29.5 Å². The normalized spacial score (nSPS) is 13.8. The molecule has 0 aromatic carbocycles. The van der Waals surface area contributed by atoms with Crippen LogP contribution in [0.1, 0.15) is 6.92 Å². The molecule has 1 N–H and O–H groups in total. The van der Waals surface area contributed by atoms with Gasteiger partial charge in [0.25, 0.3) is 0 Å². The van der Waals surface area contributed by atoms with E-state index in [1.807, 2.05) is 0 Å². The van der Waals surface area contributed by atoms with Crippen LogP contribution in [0, 0.1) is 0 Å². The average Bonchev–Trinajstić information content (AvgIpc) is 2.03. The summed E-state index contributed by atoms with van der Waals surface area (Å²) in [6, 6.07) is 0. The summed E-state index contributed by atoms with van der Waals surface area (Å²) < 4.78 is 5.21. The van der Waals surface area contributed by atoms with Gasteiger partial charge in [-0.2, -0.15) is 0 Å². The second kappa shape index (κ2) is 5.74. The van der Waals surface area contributed by atoms with E-state index in [4.69, 9.17) is 9.84 Å². The van der Waals surface area contributed by atoms with Crippen LogP contribution in [0.5, 0.6) is 0 Å². The molecule has 0 aromatic rings. The number of allylic oxidation sites excluding steroid dienone is 3. The van der Waals surface area contributed by atoms with Gasteiger partial charge < -0.3 is 9.84 Å². The third-order valence-corrected chi connectivity index (χ3v) is 1.08. The van der Waals surface area contributed by atoms with Crippen molar-refractivity contribution >= 4 is 0 Å². The SMILES string of the molecule is C=C/C=C(\C=C)OC(C)CO. The Labute approximate surface area is 67.5 Å². The molecule has 0 aliphatic rings. The van der Waals surface area contributed by atoms with Crippen LogP contribution >= 0.6 is 0 Å². The van der Waals surface area contributed by atoms with Crippen molar-refractivity contribution in [3.63, 3.8) is 0 Å². The molecule has 0 rings (SSSR count). The molecular formula is C9H14O2. The van der Waals surface area contributed by atoms with Gasteiger partial charge in [-0.3, -0.25) is 0 Å². The number of aliphatic hydroxyl groups excluding tert-OH is 1. The highest BCUT2D eigenvalue weighted by Crippen LogP contribution is 2.02. The van der Waals surface area contributed by atoms with Crippen molar-refractivity contribution in [1.82, 2.24) is 0 Å². The lowest BCUT2D eigenvalue weighted by Gasteiger charge is -2.11. The highest BCUT2D eigenvalue weighted by atomic mass is 16.5. The summed E-state index contributed by atoms with van der Waals surface area (Å²) in [5.74, 6) is 0.626. The van der Waals surface area contributed by atoms with Gasteiger partial charge in [0, 0.05) is 0 Å². The minimum absolute atomic E-state index is 0.00230. The molecular weight excluding hydrogens is 140 g/mol. The van der Waals surface area contributed by atoms with Crippen LogP contribution in [0.3, 0.4) is 0 Å². The number of hydrogen-bond donors (Lipinski definition) is 1. The summed E-state index contributed by atoms with van der Waals surface area (Å²) >= 11 is 0. The third-order valence-electron chi connectivity index (χ3n) is 1.08. The molecule has 0 aliphatic heterocycles. The second-order valence-electron chi connectivity index (χ2n) is 2.12. The average molecular weight is 154 g/mol. The maximum absolute atomic E-state index is 8.64. The van der Waals surface area contributed by atoms with E-state index < -0.39 is 0 Å². The molecule has 0 fully saturated rings. The zero-order valence-electron chi connectivity index (χ0n) is 6.79. The van der Waals surface area contributed by atoms with Gasteiger partial charge in [0.15, 0.2) is 0 Å². The predicted molar refractivity (Wildman–Crippen MR) is 46.1 cm³/mol. The smallest absolute Gasteiger partial charge is 0.119 e. The maximum Gasteiger partial charge on any atom is 0.119 e. The molecule has 0 saturated heterocycles. The predicted octanol–water partition coefficient (Wildman–Crippen LogP) is 1.64. The molecule has 2 heteroatoms. The van der Waals surface area contributed by atoms with Gasteiger partial charge in [-0.1, -0.05) is 19.2 Å². The summed E-state index contributed by atoms with van der Waals surface area (Å²) in [6.07, 6.45) is 4.69. The fourth-order valence-corrected chi connectivity index (χ4v) is 0.541. The summed E-state index contributed by atoms with van der Waals surface area (Å²) in [5, 5.41) is 8.64. The Morgan fingerprint density at radius 3 is 2.64 bits per heavy atom. The molecule has 0 amide bonds. The summed E-state index contributed by atoms with van der Waals surface area (Å²) in [6.45, 7) is 8.84. The van der Waals surface area contributed by atoms with Gasteiger partial charge in [-0.25, -0.2) is 0 Å². The van der Waals surface area contributed by atoms with E-state index in [2.05, 4.69) is 13.2 Å². The minimum atomic E-state index is -0.195. The van der Waals surface area contributed by atoms with Crippen molar-refractivity contribution in [2.45, 2.75) is 13.0 Å². The lowest BCUT2D eigenvalue weighted by molar-refractivity contribution is 0.0786. The van der Waals surface area contributed by atoms with E-state index in [0.717, 1.165) is 0 Å². The Bertz CT molecular complexity index is 159. The van der Waals surface area contributed by atoms with E-state index in [1.54, 1.807) is 25.2 Å². The minimum Gasteiger partial charge on any atom is -0.488 e. The summed E-state index contributed by atoms with van der Waals surface area (Å²) in [5.41, 5.74) is 0. The summed E-state index contributed by atoms with van der Waals surface area (Å²) in [4.78, 5) is 0. The van der Waals surface area contributed by atoms with Crippen LogP contribution in [0.15, 0.2) is 37.1 Å². The largest absolute Gasteiger partial charge is 0.488 e. The number of rotatable bonds is 5. The lowest BCUT2D eigenvalue weighted by Crippen LogP contribution is -2.11. The first-order valence-electron chi connectivity index (χ1n) is 3.47. The maximum atomic E-state index is 8.64. The van der Waals surface area contributed by atoms with Gasteiger partial charge >= 0.3 is 0 Å². The van der Waals surface area contributed by atoms with E-state index in [0.29, 0.717) is 5.76 Å². The van der Waals surface area contributed by atoms with Crippen LogP contribution in [-0.4, -0.2) is 17.8 Å². The van der Waals surface area contributed by atoms with Crippen LogP contribution in [0.2, 0.25) is 0 Å². The van der Waals surface area contributed by atoms with E-state index >= 15 is 0 Å². The molecule has 0 radical (unpaired) electrons. The number of ether oxygens (including phenoxy) is 1. The van der Waals surface area contributed by atoms with Crippen LogP contribution in [0.4, 0.5) is 0 Å². The van der Waals surface area contributed by atoms with Crippen molar-refractivity contribution in [2.24, 2.45) is 0 Å². The third kappa shape index (κ3) is 4.39. The highest BCUT2D eigenvalue weighted by Gasteiger charge is 1.99. The van der Waals surface area contributed by atoms with Crippen molar-refractivity contribution in [3.05, 3.63) is 37.1 Å². The van der Waals surface area contributed by atoms with Gasteiger partial charge in [0.2, 0.25) is 0 Å². The first-order valence-corrected chi connectivity index (χ1v) is 3.47. The summed E-state index contributed by atoms with van der Waals surface area (Å²) in [7, 11) is 0. The Balaban J connectivity index is 3.97. The van der Waals surface area contributed by atoms with Gasteiger partial charge in [-0.15, -0.1) is 0 Å². The molecule has 1 unspecified atom stereocenters. The fourth-order valence-electron chi connectivity index (χ4n) is 0.541. The van der Waals surface area contributed by atoms with Crippen molar-refractivity contribution < 1.29 is 9.84 Å². The van der Waals surface area contributed by atoms with Crippen molar-refractivity contribution in [1.29, 1.82) is 0 Å². The van der Waals surface area contributed by atoms with Gasteiger partial charge in [0.1, 0.15) is 11.9 Å². The molecule has 2 nitrogen and oxygen atoms in total. The molecule has 0 aliphatic carbocycles. The fraction of sp³-hybridized carbons (Fsp3) is 0.333. The highest BCUT2D eigenvalue weighted by molar-refractivity contribution is 5.14. The van der Waals surface area contributed by atoms with Crippen molar-refractivity contribution in [2.75, 3.05) is 6.61 Å². The molecule has 62 valence electrons. The first-order chi connectivity index (χ1) is 5.24. The zero-order valence-corrected chi connectivity index (χ0v) is 6.79. The second-order valence-corrected chi connectivity index (χ2v) is 2.12. The Morgan fingerprint density at radius 1 is 1.64 bits per heavy atom. The van der Waals surface area contributed by atoms with Crippen LogP contribution < -0.4 is 0 Å². The quantitative estimate of drug-likeness (QED) is 0.482. The van der Waals surface area contributed by atoms with Crippen LogP contribution in [0.25, 0.3) is 0 Å². The molecule has 1 atom stereocenters. The lowest BCUT2D eigenvalue weighted by atomic mass is 10.4. The number of aliphatic hydroxyl groups is 1. The molecule has 0 bridgehead atoms. The van der Waals surface area contributed by atoms with Crippen molar-refractivity contribution in [3.8, 4) is 0 Å². The van der Waals surface area contributed by atoms with Gasteiger partial charge in [0.05, 0.1) is 6.61 Å². The van der Waals surface area contributed by atoms with Gasteiger partial charge in [-0.05, 0) is 19.1 Å². The first kappa shape index (κ1) is 9.98. The van der Waals surface area contributed by atoms with E-state index in [9.17, 15) is 0 Å². The molecule has 0 spiro atoms. The molecule has 11 heavy (non-hydrogen) atoms. The van der Waals surface area contributed by atoms with Crippen LogP contribution in [-0.2, 0) is 4.74 Å². The zero-order chi connectivity index (χ0) is 8.69. The molecule has 0 aromatic heterocycles.